The van der Waals surface area contributed by atoms with Crippen molar-refractivity contribution in [2.24, 2.45) is 5.92 Å². The van der Waals surface area contributed by atoms with E-state index in [0.29, 0.717) is 28.6 Å². The van der Waals surface area contributed by atoms with Crippen molar-refractivity contribution in [1.82, 2.24) is 4.72 Å². The highest BCUT2D eigenvalue weighted by molar-refractivity contribution is 7.89. The molecule has 0 aromatic heterocycles. The number of nitrogens with one attached hydrogen (secondary N) is 1. The van der Waals surface area contributed by atoms with Crippen LogP contribution in [0.5, 0.6) is 0 Å². The average molecular weight is 312 g/mol. The number of hydrogen-bond donors (Lipinski definition) is 2. The van der Waals surface area contributed by atoms with E-state index in [4.69, 9.17) is 10.5 Å². The van der Waals surface area contributed by atoms with Gasteiger partial charge in [0.05, 0.1) is 4.90 Å². The van der Waals surface area contributed by atoms with Crippen molar-refractivity contribution in [2.45, 2.75) is 38.5 Å². The Balaban J connectivity index is 2.14. The fraction of sp³-hybridized carbons (Fsp3) is 0.600. The molecule has 1 aliphatic rings. The molecule has 118 valence electrons. The number of ether oxygens (including phenoxy) is 1. The Hall–Kier alpha value is -1.11. The Morgan fingerprint density at radius 2 is 2.05 bits per heavy atom. The third kappa shape index (κ3) is 3.56. The summed E-state index contributed by atoms with van der Waals surface area (Å²) in [6, 6.07) is 1.82. The molecule has 2 rings (SSSR count). The number of benzene rings is 1. The Bertz CT molecular complexity index is 620. The van der Waals surface area contributed by atoms with E-state index in [9.17, 15) is 8.42 Å². The summed E-state index contributed by atoms with van der Waals surface area (Å²) in [4.78, 5) is 0.313. The zero-order valence-electron chi connectivity index (χ0n) is 12.9. The molecule has 1 saturated heterocycles. The van der Waals surface area contributed by atoms with Crippen molar-refractivity contribution < 1.29 is 13.2 Å². The van der Waals surface area contributed by atoms with Gasteiger partial charge < -0.3 is 10.5 Å². The summed E-state index contributed by atoms with van der Waals surface area (Å²) >= 11 is 0. The molecule has 0 bridgehead atoms. The number of nitrogen functional groups attached to an aromatic ring is 1. The fourth-order valence-corrected chi connectivity index (χ4v) is 4.40. The molecule has 3 N–H and O–H groups in total. The predicted molar refractivity (Wildman–Crippen MR) is 83.8 cm³/mol. The van der Waals surface area contributed by atoms with E-state index in [-0.39, 0.29) is 0 Å². The summed E-state index contributed by atoms with van der Waals surface area (Å²) in [6.07, 6.45) is 1.82. The molecule has 1 aromatic rings. The highest BCUT2D eigenvalue weighted by atomic mass is 32.2. The smallest absolute Gasteiger partial charge is 0.241 e. The molecule has 0 aliphatic carbocycles. The van der Waals surface area contributed by atoms with Crippen LogP contribution < -0.4 is 10.5 Å². The zero-order chi connectivity index (χ0) is 15.6. The van der Waals surface area contributed by atoms with Crippen molar-refractivity contribution in [2.75, 3.05) is 25.5 Å². The van der Waals surface area contributed by atoms with E-state index in [1.807, 2.05) is 13.0 Å². The van der Waals surface area contributed by atoms with Crippen LogP contribution in [-0.4, -0.2) is 28.2 Å². The Labute approximate surface area is 126 Å². The monoisotopic (exact) mass is 312 g/mol. The zero-order valence-corrected chi connectivity index (χ0v) is 13.7. The van der Waals surface area contributed by atoms with Crippen molar-refractivity contribution in [3.05, 3.63) is 22.8 Å². The normalized spacial score (nSPS) is 19.1. The molecule has 1 fully saturated rings. The molecular formula is C15H24N2O3S. The first-order chi connectivity index (χ1) is 9.83. The third-order valence-corrected chi connectivity index (χ3v) is 5.85. The maximum atomic E-state index is 12.5. The van der Waals surface area contributed by atoms with Crippen LogP contribution in [0.2, 0.25) is 0 Å². The minimum atomic E-state index is -3.52. The lowest BCUT2D eigenvalue weighted by molar-refractivity contribution is 0.184. The van der Waals surface area contributed by atoms with E-state index in [1.165, 1.54) is 0 Å². The van der Waals surface area contributed by atoms with Crippen molar-refractivity contribution in [1.29, 1.82) is 0 Å². The SMILES string of the molecule is Cc1cc(C)c(S(=O)(=O)NCCC2CCOC2)c(C)c1N. The molecule has 0 amide bonds. The molecule has 0 spiro atoms. The number of hydrogen-bond acceptors (Lipinski definition) is 4. The van der Waals surface area contributed by atoms with Crippen LogP contribution in [0, 0.1) is 26.7 Å². The van der Waals surface area contributed by atoms with Gasteiger partial charge in [0.25, 0.3) is 0 Å². The number of nitrogens with two attached hydrogens (primary N) is 1. The number of rotatable bonds is 5. The quantitative estimate of drug-likeness (QED) is 0.814. The van der Waals surface area contributed by atoms with E-state index >= 15 is 0 Å². The van der Waals surface area contributed by atoms with Gasteiger partial charge in [-0.2, -0.15) is 0 Å². The summed E-state index contributed by atoms with van der Waals surface area (Å²) in [5, 5.41) is 0. The third-order valence-electron chi connectivity index (χ3n) is 4.10. The second-order valence-corrected chi connectivity index (χ2v) is 7.50. The number of anilines is 1. The summed E-state index contributed by atoms with van der Waals surface area (Å²) in [7, 11) is -3.52. The summed E-state index contributed by atoms with van der Waals surface area (Å²) in [5.74, 6) is 0.456. The van der Waals surface area contributed by atoms with Gasteiger partial charge in [0.15, 0.2) is 0 Å². The molecule has 0 saturated carbocycles. The van der Waals surface area contributed by atoms with Crippen molar-refractivity contribution in [3.8, 4) is 0 Å². The van der Waals surface area contributed by atoms with Crippen LogP contribution in [0.3, 0.4) is 0 Å². The minimum Gasteiger partial charge on any atom is -0.398 e. The maximum absolute atomic E-state index is 12.5. The Morgan fingerprint density at radius 1 is 1.33 bits per heavy atom. The average Bonchev–Trinajstić information content (AvgIpc) is 2.88. The minimum absolute atomic E-state index is 0.313. The molecule has 6 heteroatoms. The van der Waals surface area contributed by atoms with E-state index < -0.39 is 10.0 Å². The van der Waals surface area contributed by atoms with Crippen LogP contribution >= 0.6 is 0 Å². The molecule has 1 aliphatic heterocycles. The maximum Gasteiger partial charge on any atom is 0.241 e. The van der Waals surface area contributed by atoms with Gasteiger partial charge in [-0.3, -0.25) is 0 Å². The van der Waals surface area contributed by atoms with Gasteiger partial charge in [-0.15, -0.1) is 0 Å². The lowest BCUT2D eigenvalue weighted by Crippen LogP contribution is -2.28. The molecule has 21 heavy (non-hydrogen) atoms. The van der Waals surface area contributed by atoms with Gasteiger partial charge in [0.2, 0.25) is 10.0 Å². The van der Waals surface area contributed by atoms with Gasteiger partial charge in [-0.1, -0.05) is 6.07 Å². The molecule has 1 heterocycles. The highest BCUT2D eigenvalue weighted by Crippen LogP contribution is 2.28. The molecule has 5 nitrogen and oxygen atoms in total. The van der Waals surface area contributed by atoms with Gasteiger partial charge in [-0.25, -0.2) is 13.1 Å². The van der Waals surface area contributed by atoms with Crippen molar-refractivity contribution in [3.63, 3.8) is 0 Å². The first kappa shape index (κ1) is 16.3. The largest absolute Gasteiger partial charge is 0.398 e. The molecular weight excluding hydrogens is 288 g/mol. The summed E-state index contributed by atoms with van der Waals surface area (Å²) < 4.78 is 33.0. The lowest BCUT2D eigenvalue weighted by Gasteiger charge is -2.16. The van der Waals surface area contributed by atoms with E-state index in [1.54, 1.807) is 13.8 Å². The van der Waals surface area contributed by atoms with E-state index in [2.05, 4.69) is 4.72 Å². The summed E-state index contributed by atoms with van der Waals surface area (Å²) in [6.45, 7) is 7.40. The van der Waals surface area contributed by atoms with Crippen LogP contribution in [0.4, 0.5) is 5.69 Å². The topological polar surface area (TPSA) is 81.4 Å². The standard InChI is InChI=1S/C15H24N2O3S/c1-10-8-11(2)15(12(3)14(10)16)21(18,19)17-6-4-13-5-7-20-9-13/h8,13,17H,4-7,9,16H2,1-3H3. The van der Waals surface area contributed by atoms with Gasteiger partial charge >= 0.3 is 0 Å². The lowest BCUT2D eigenvalue weighted by atomic mass is 10.1. The Kier molecular flexibility index (Phi) is 4.91. The number of aryl methyl sites for hydroxylation is 2. The van der Waals surface area contributed by atoms with Crippen LogP contribution in [0.1, 0.15) is 29.5 Å². The van der Waals surface area contributed by atoms with Gasteiger partial charge in [0.1, 0.15) is 0 Å². The van der Waals surface area contributed by atoms with Crippen LogP contribution in [-0.2, 0) is 14.8 Å². The first-order valence-electron chi connectivity index (χ1n) is 7.26. The predicted octanol–water partition coefficient (Wildman–Crippen LogP) is 1.90. The van der Waals surface area contributed by atoms with E-state index in [0.717, 1.165) is 37.2 Å². The fourth-order valence-electron chi connectivity index (χ4n) is 2.88. The molecule has 1 unspecified atom stereocenters. The second-order valence-electron chi connectivity index (χ2n) is 5.79. The van der Waals surface area contributed by atoms with Crippen LogP contribution in [0.15, 0.2) is 11.0 Å². The van der Waals surface area contributed by atoms with Gasteiger partial charge in [0, 0.05) is 25.4 Å². The number of sulfonamides is 1. The van der Waals surface area contributed by atoms with Crippen molar-refractivity contribution >= 4 is 15.7 Å². The molecule has 1 atom stereocenters. The second kappa shape index (κ2) is 6.34. The van der Waals surface area contributed by atoms with Gasteiger partial charge in [-0.05, 0) is 56.2 Å². The molecule has 0 radical (unpaired) electrons. The molecule has 1 aromatic carbocycles. The highest BCUT2D eigenvalue weighted by Gasteiger charge is 2.22. The first-order valence-corrected chi connectivity index (χ1v) is 8.75. The summed E-state index contributed by atoms with van der Waals surface area (Å²) in [5.41, 5.74) is 8.78. The van der Waals surface area contributed by atoms with Crippen LogP contribution in [0.25, 0.3) is 0 Å². The Morgan fingerprint density at radius 3 is 2.67 bits per heavy atom.